The number of likely N-dealkylation sites (tertiary alicyclic amines) is 1. The number of hydrogen-bond acceptors (Lipinski definition) is 4. The van der Waals surface area contributed by atoms with Crippen molar-refractivity contribution in [1.82, 2.24) is 10.2 Å². The van der Waals surface area contributed by atoms with Crippen LogP contribution in [-0.2, 0) is 9.53 Å². The molecule has 2 amide bonds. The number of carbonyl (C=O) groups is 2. The molecule has 0 aromatic heterocycles. The summed E-state index contributed by atoms with van der Waals surface area (Å²) < 4.78 is 4.60. The SMILES string of the molecule is CCCC(=O)N1CC(NC(=O)OC)CC(C(O)CC)C1. The molecule has 0 aromatic carbocycles. The standard InChI is InChI=1S/C14H26N2O4/c1-4-6-13(18)16-8-10(12(17)5-2)7-11(9-16)15-14(19)20-3/h10-12,17H,4-9H2,1-3H3,(H,15,19). The second kappa shape index (κ2) is 8.09. The molecule has 116 valence electrons. The number of ether oxygens (including phenoxy) is 1. The Morgan fingerprint density at radius 3 is 2.65 bits per heavy atom. The van der Waals surface area contributed by atoms with Crippen LogP contribution in [0.1, 0.15) is 39.5 Å². The van der Waals surface area contributed by atoms with Crippen molar-refractivity contribution in [3.63, 3.8) is 0 Å². The molecule has 3 atom stereocenters. The first kappa shape index (κ1) is 16.8. The lowest BCUT2D eigenvalue weighted by Gasteiger charge is -2.39. The van der Waals surface area contributed by atoms with E-state index in [0.29, 0.717) is 32.4 Å². The van der Waals surface area contributed by atoms with E-state index in [1.807, 2.05) is 13.8 Å². The maximum Gasteiger partial charge on any atom is 0.407 e. The third-order valence-electron chi connectivity index (χ3n) is 3.77. The fourth-order valence-electron chi connectivity index (χ4n) is 2.66. The molecule has 0 aromatic rings. The van der Waals surface area contributed by atoms with Gasteiger partial charge in [-0.15, -0.1) is 0 Å². The Hall–Kier alpha value is -1.30. The van der Waals surface area contributed by atoms with Gasteiger partial charge in [-0.1, -0.05) is 13.8 Å². The third-order valence-corrected chi connectivity index (χ3v) is 3.77. The summed E-state index contributed by atoms with van der Waals surface area (Å²) in [7, 11) is 1.32. The molecule has 1 rings (SSSR count). The summed E-state index contributed by atoms with van der Waals surface area (Å²) in [5, 5.41) is 12.8. The molecule has 1 aliphatic rings. The Morgan fingerprint density at radius 1 is 1.40 bits per heavy atom. The molecule has 0 saturated carbocycles. The van der Waals surface area contributed by atoms with Crippen LogP contribution in [0.2, 0.25) is 0 Å². The molecular weight excluding hydrogens is 260 g/mol. The molecule has 0 bridgehead atoms. The van der Waals surface area contributed by atoms with Gasteiger partial charge in [0, 0.05) is 25.4 Å². The maximum absolute atomic E-state index is 12.1. The van der Waals surface area contributed by atoms with Gasteiger partial charge in [-0.2, -0.15) is 0 Å². The molecule has 0 spiro atoms. The first-order chi connectivity index (χ1) is 9.51. The van der Waals surface area contributed by atoms with Crippen LogP contribution < -0.4 is 5.32 Å². The molecule has 1 fully saturated rings. The van der Waals surface area contributed by atoms with Crippen LogP contribution in [0.3, 0.4) is 0 Å². The molecular formula is C14H26N2O4. The summed E-state index contributed by atoms with van der Waals surface area (Å²) >= 11 is 0. The van der Waals surface area contributed by atoms with Gasteiger partial charge in [0.25, 0.3) is 0 Å². The average molecular weight is 286 g/mol. The zero-order valence-corrected chi connectivity index (χ0v) is 12.6. The Balaban J connectivity index is 2.71. The molecule has 2 N–H and O–H groups in total. The second-order valence-electron chi connectivity index (χ2n) is 5.35. The molecule has 1 heterocycles. The summed E-state index contributed by atoms with van der Waals surface area (Å²) in [5.74, 6) is 0.0777. The lowest BCUT2D eigenvalue weighted by molar-refractivity contribution is -0.134. The second-order valence-corrected chi connectivity index (χ2v) is 5.35. The van der Waals surface area contributed by atoms with Crippen LogP contribution >= 0.6 is 0 Å². The van der Waals surface area contributed by atoms with Crippen LogP contribution in [0.15, 0.2) is 0 Å². The number of piperidine rings is 1. The molecule has 6 heteroatoms. The van der Waals surface area contributed by atoms with Gasteiger partial charge in [0.2, 0.25) is 5.91 Å². The number of aliphatic hydroxyl groups is 1. The highest BCUT2D eigenvalue weighted by Gasteiger charge is 2.33. The Bertz CT molecular complexity index is 335. The quantitative estimate of drug-likeness (QED) is 0.794. The molecule has 3 unspecified atom stereocenters. The van der Waals surface area contributed by atoms with Crippen molar-refractivity contribution >= 4 is 12.0 Å². The molecule has 0 radical (unpaired) electrons. The van der Waals surface area contributed by atoms with E-state index in [-0.39, 0.29) is 17.9 Å². The van der Waals surface area contributed by atoms with Crippen molar-refractivity contribution in [3.05, 3.63) is 0 Å². The molecule has 6 nitrogen and oxygen atoms in total. The molecule has 20 heavy (non-hydrogen) atoms. The highest BCUT2D eigenvalue weighted by Crippen LogP contribution is 2.22. The maximum atomic E-state index is 12.1. The number of methoxy groups -OCH3 is 1. The normalized spacial score (nSPS) is 24.1. The minimum Gasteiger partial charge on any atom is -0.453 e. The number of hydrogen-bond donors (Lipinski definition) is 2. The predicted molar refractivity (Wildman–Crippen MR) is 75.2 cm³/mol. The fraction of sp³-hybridized carbons (Fsp3) is 0.857. The summed E-state index contributed by atoms with van der Waals surface area (Å²) in [6, 6.07) is -0.164. The van der Waals surface area contributed by atoms with Gasteiger partial charge in [-0.05, 0) is 19.3 Å². The highest BCUT2D eigenvalue weighted by atomic mass is 16.5. The van der Waals surface area contributed by atoms with Crippen LogP contribution in [-0.4, -0.2) is 54.4 Å². The van der Waals surface area contributed by atoms with Gasteiger partial charge in [-0.25, -0.2) is 4.79 Å². The number of alkyl carbamates (subject to hydrolysis) is 1. The Labute approximate surface area is 120 Å². The van der Waals surface area contributed by atoms with Gasteiger partial charge >= 0.3 is 6.09 Å². The van der Waals surface area contributed by atoms with Crippen LogP contribution in [0.4, 0.5) is 4.79 Å². The van der Waals surface area contributed by atoms with E-state index >= 15 is 0 Å². The van der Waals surface area contributed by atoms with Gasteiger partial charge in [0.05, 0.1) is 19.3 Å². The predicted octanol–water partition coefficient (Wildman–Crippen LogP) is 1.13. The van der Waals surface area contributed by atoms with Crippen molar-refractivity contribution < 1.29 is 19.4 Å². The van der Waals surface area contributed by atoms with Gasteiger partial charge in [0.1, 0.15) is 0 Å². The van der Waals surface area contributed by atoms with E-state index in [1.54, 1.807) is 4.90 Å². The van der Waals surface area contributed by atoms with E-state index in [0.717, 1.165) is 6.42 Å². The summed E-state index contributed by atoms with van der Waals surface area (Å²) in [5.41, 5.74) is 0. The first-order valence-electron chi connectivity index (χ1n) is 7.32. The van der Waals surface area contributed by atoms with E-state index in [2.05, 4.69) is 10.1 Å². The number of nitrogens with one attached hydrogen (secondary N) is 1. The molecule has 1 saturated heterocycles. The minimum absolute atomic E-state index is 0.00304. The topological polar surface area (TPSA) is 78.9 Å². The lowest BCUT2D eigenvalue weighted by atomic mass is 9.88. The van der Waals surface area contributed by atoms with E-state index in [1.165, 1.54) is 7.11 Å². The molecule has 0 aliphatic carbocycles. The highest BCUT2D eigenvalue weighted by molar-refractivity contribution is 5.76. The van der Waals surface area contributed by atoms with E-state index in [4.69, 9.17) is 0 Å². The van der Waals surface area contributed by atoms with Gasteiger partial charge < -0.3 is 20.1 Å². The Kier molecular flexibility index (Phi) is 6.78. The van der Waals surface area contributed by atoms with Crippen LogP contribution in [0, 0.1) is 5.92 Å². The average Bonchev–Trinajstić information content (AvgIpc) is 2.46. The zero-order valence-electron chi connectivity index (χ0n) is 12.6. The minimum atomic E-state index is -0.496. The summed E-state index contributed by atoms with van der Waals surface area (Å²) in [6.45, 7) is 4.93. The lowest BCUT2D eigenvalue weighted by Crippen LogP contribution is -2.54. The number of amides is 2. The van der Waals surface area contributed by atoms with Crippen molar-refractivity contribution in [2.75, 3.05) is 20.2 Å². The monoisotopic (exact) mass is 286 g/mol. The number of aliphatic hydroxyl groups excluding tert-OH is 1. The number of rotatable bonds is 5. The van der Waals surface area contributed by atoms with Crippen molar-refractivity contribution in [3.8, 4) is 0 Å². The summed E-state index contributed by atoms with van der Waals surface area (Å²) in [4.78, 5) is 25.1. The van der Waals surface area contributed by atoms with Crippen molar-refractivity contribution in [2.45, 2.75) is 51.7 Å². The summed E-state index contributed by atoms with van der Waals surface area (Å²) in [6.07, 6.45) is 1.66. The third kappa shape index (κ3) is 4.67. The van der Waals surface area contributed by atoms with E-state index in [9.17, 15) is 14.7 Å². The van der Waals surface area contributed by atoms with E-state index < -0.39 is 12.2 Å². The largest absolute Gasteiger partial charge is 0.453 e. The number of carbonyl (C=O) groups excluding carboxylic acids is 2. The van der Waals surface area contributed by atoms with Crippen molar-refractivity contribution in [1.29, 1.82) is 0 Å². The van der Waals surface area contributed by atoms with Gasteiger partial charge in [0.15, 0.2) is 0 Å². The van der Waals surface area contributed by atoms with Crippen LogP contribution in [0.25, 0.3) is 0 Å². The van der Waals surface area contributed by atoms with Crippen molar-refractivity contribution in [2.24, 2.45) is 5.92 Å². The first-order valence-corrected chi connectivity index (χ1v) is 7.32. The van der Waals surface area contributed by atoms with Gasteiger partial charge in [-0.3, -0.25) is 4.79 Å². The molecule has 1 aliphatic heterocycles. The Morgan fingerprint density at radius 2 is 2.10 bits per heavy atom. The fourth-order valence-corrected chi connectivity index (χ4v) is 2.66. The smallest absolute Gasteiger partial charge is 0.407 e. The number of nitrogens with zero attached hydrogens (tertiary/aromatic N) is 1. The zero-order chi connectivity index (χ0) is 15.1. The van der Waals surface area contributed by atoms with Crippen LogP contribution in [0.5, 0.6) is 0 Å².